The van der Waals surface area contributed by atoms with E-state index in [2.05, 4.69) is 20.4 Å². The van der Waals surface area contributed by atoms with Crippen LogP contribution in [0.5, 0.6) is 5.88 Å². The average molecular weight is 415 g/mol. The van der Waals surface area contributed by atoms with Gasteiger partial charge in [-0.05, 0) is 30.3 Å². The smallest absolute Gasteiger partial charge is 0.422 e. The van der Waals surface area contributed by atoms with Crippen LogP contribution in [0.3, 0.4) is 0 Å². The second-order valence-electron chi connectivity index (χ2n) is 6.11. The number of benzene rings is 2. The van der Waals surface area contributed by atoms with E-state index in [-0.39, 0.29) is 17.4 Å². The lowest BCUT2D eigenvalue weighted by atomic mass is 10.2. The molecule has 2 N–H and O–H groups in total. The van der Waals surface area contributed by atoms with E-state index in [1.165, 1.54) is 12.1 Å². The van der Waals surface area contributed by atoms with Crippen LogP contribution < -0.4 is 15.4 Å². The minimum Gasteiger partial charge on any atom is -0.468 e. The summed E-state index contributed by atoms with van der Waals surface area (Å²) < 4.78 is 41.1. The van der Waals surface area contributed by atoms with Crippen molar-refractivity contribution in [1.82, 2.24) is 4.98 Å². The van der Waals surface area contributed by atoms with Crippen molar-refractivity contribution in [3.05, 3.63) is 84.1 Å². The summed E-state index contributed by atoms with van der Waals surface area (Å²) in [5, 5.41) is 5.37. The Morgan fingerprint density at radius 1 is 0.800 bits per heavy atom. The molecule has 0 fully saturated rings. The van der Waals surface area contributed by atoms with E-state index in [9.17, 15) is 22.8 Å². The fraction of sp³-hybridized carbons (Fsp3) is 0.0952. The highest BCUT2D eigenvalue weighted by Crippen LogP contribution is 2.23. The van der Waals surface area contributed by atoms with Gasteiger partial charge in [-0.2, -0.15) is 13.2 Å². The van der Waals surface area contributed by atoms with Crippen LogP contribution in [-0.2, 0) is 0 Å². The van der Waals surface area contributed by atoms with Gasteiger partial charge in [0.25, 0.3) is 11.8 Å². The molecule has 0 saturated heterocycles. The zero-order valence-electron chi connectivity index (χ0n) is 15.4. The largest absolute Gasteiger partial charge is 0.468 e. The van der Waals surface area contributed by atoms with E-state index in [0.717, 1.165) is 6.20 Å². The number of ether oxygens (including phenoxy) is 1. The van der Waals surface area contributed by atoms with Crippen LogP contribution in [0, 0.1) is 0 Å². The van der Waals surface area contributed by atoms with Crippen LogP contribution in [0.2, 0.25) is 0 Å². The van der Waals surface area contributed by atoms with Gasteiger partial charge >= 0.3 is 6.18 Å². The van der Waals surface area contributed by atoms with Gasteiger partial charge in [0.15, 0.2) is 6.61 Å². The van der Waals surface area contributed by atoms with Crippen molar-refractivity contribution in [2.24, 2.45) is 0 Å². The Balaban J connectivity index is 1.68. The fourth-order valence-electron chi connectivity index (χ4n) is 2.44. The molecule has 0 spiro atoms. The monoisotopic (exact) mass is 415 g/mol. The van der Waals surface area contributed by atoms with Crippen LogP contribution in [0.4, 0.5) is 24.5 Å². The maximum Gasteiger partial charge on any atom is 0.422 e. The summed E-state index contributed by atoms with van der Waals surface area (Å²) in [6, 6.07) is 17.6. The lowest BCUT2D eigenvalue weighted by Crippen LogP contribution is -2.20. The van der Waals surface area contributed by atoms with Crippen molar-refractivity contribution in [3.63, 3.8) is 0 Å². The van der Waals surface area contributed by atoms with E-state index in [1.807, 2.05) is 0 Å². The quantitative estimate of drug-likeness (QED) is 0.620. The van der Waals surface area contributed by atoms with Gasteiger partial charge < -0.3 is 15.4 Å². The summed E-state index contributed by atoms with van der Waals surface area (Å²) in [6.07, 6.45) is -3.38. The van der Waals surface area contributed by atoms with Crippen molar-refractivity contribution in [3.8, 4) is 5.88 Å². The first-order valence-corrected chi connectivity index (χ1v) is 8.74. The first kappa shape index (κ1) is 20.8. The van der Waals surface area contributed by atoms with Crippen molar-refractivity contribution in [1.29, 1.82) is 0 Å². The van der Waals surface area contributed by atoms with Gasteiger partial charge in [0.1, 0.15) is 0 Å². The molecule has 1 aromatic heterocycles. The first-order chi connectivity index (χ1) is 14.3. The van der Waals surface area contributed by atoms with Crippen LogP contribution in [0.1, 0.15) is 20.7 Å². The van der Waals surface area contributed by atoms with Gasteiger partial charge in [0.2, 0.25) is 5.88 Å². The van der Waals surface area contributed by atoms with E-state index in [4.69, 9.17) is 0 Å². The molecule has 2 aromatic carbocycles. The van der Waals surface area contributed by atoms with Gasteiger partial charge in [-0.15, -0.1) is 0 Å². The van der Waals surface area contributed by atoms with Crippen molar-refractivity contribution < 1.29 is 27.5 Å². The fourth-order valence-corrected chi connectivity index (χ4v) is 2.44. The van der Waals surface area contributed by atoms with Gasteiger partial charge in [0, 0.05) is 17.8 Å². The molecule has 30 heavy (non-hydrogen) atoms. The molecule has 3 rings (SSSR count). The molecule has 154 valence electrons. The normalized spacial score (nSPS) is 10.9. The Morgan fingerprint density at radius 2 is 1.37 bits per heavy atom. The minimum atomic E-state index is -4.48. The predicted octanol–water partition coefficient (Wildman–Crippen LogP) is 4.53. The van der Waals surface area contributed by atoms with Gasteiger partial charge in [-0.3, -0.25) is 9.59 Å². The Bertz CT molecular complexity index is 1020. The number of nitrogens with zero attached hydrogens (tertiary/aromatic N) is 1. The van der Waals surface area contributed by atoms with Crippen molar-refractivity contribution in [2.45, 2.75) is 6.18 Å². The number of nitrogens with one attached hydrogen (secondary N) is 2. The number of amides is 2. The lowest BCUT2D eigenvalue weighted by Gasteiger charge is -2.13. The molecule has 9 heteroatoms. The molecular weight excluding hydrogens is 399 g/mol. The van der Waals surface area contributed by atoms with E-state index < -0.39 is 18.7 Å². The van der Waals surface area contributed by atoms with Crippen molar-refractivity contribution >= 4 is 23.2 Å². The lowest BCUT2D eigenvalue weighted by molar-refractivity contribution is -0.154. The number of carbonyl (C=O) groups excluding carboxylic acids is 2. The summed E-state index contributed by atoms with van der Waals surface area (Å²) in [5.74, 6) is -1.14. The Morgan fingerprint density at radius 3 is 1.90 bits per heavy atom. The molecule has 6 nitrogen and oxygen atoms in total. The number of pyridine rings is 1. The Hall–Kier alpha value is -3.88. The number of halogens is 3. The highest BCUT2D eigenvalue weighted by Gasteiger charge is 2.28. The minimum absolute atomic E-state index is 0.110. The number of rotatable bonds is 6. The number of carbonyl (C=O) groups is 2. The number of para-hydroxylation sites is 2. The second kappa shape index (κ2) is 9.08. The molecule has 0 unspecified atom stereocenters. The van der Waals surface area contributed by atoms with Crippen LogP contribution in [-0.4, -0.2) is 29.6 Å². The maximum atomic E-state index is 12.5. The number of hydrogen-bond donors (Lipinski definition) is 2. The van der Waals surface area contributed by atoms with Crippen molar-refractivity contribution in [2.75, 3.05) is 17.2 Å². The van der Waals surface area contributed by atoms with Gasteiger partial charge in [-0.25, -0.2) is 4.98 Å². The summed E-state index contributed by atoms with van der Waals surface area (Å²) in [4.78, 5) is 28.5. The van der Waals surface area contributed by atoms with Crippen LogP contribution >= 0.6 is 0 Å². The number of aromatic nitrogens is 1. The van der Waals surface area contributed by atoms with Gasteiger partial charge in [0.05, 0.1) is 16.9 Å². The second-order valence-corrected chi connectivity index (χ2v) is 6.11. The summed E-state index contributed by atoms with van der Waals surface area (Å²) >= 11 is 0. The Labute approximate surface area is 169 Å². The molecule has 3 aromatic rings. The molecule has 0 atom stereocenters. The highest BCUT2D eigenvalue weighted by molar-refractivity contribution is 6.09. The standard InChI is InChI=1S/C21H16F3N3O3/c22-21(23,24)13-30-18-11-10-15(12-25-18)20(29)27-17-9-5-4-8-16(17)26-19(28)14-6-2-1-3-7-14/h1-12H,13H2,(H,26,28)(H,27,29). The molecule has 0 radical (unpaired) electrons. The highest BCUT2D eigenvalue weighted by atomic mass is 19.4. The zero-order valence-corrected chi connectivity index (χ0v) is 15.4. The molecule has 2 amide bonds. The van der Waals surface area contributed by atoms with Crippen LogP contribution in [0.25, 0.3) is 0 Å². The third-order valence-electron chi connectivity index (χ3n) is 3.84. The molecule has 1 heterocycles. The van der Waals surface area contributed by atoms with E-state index >= 15 is 0 Å². The molecule has 0 saturated carbocycles. The SMILES string of the molecule is O=C(Nc1ccccc1NC(=O)c1ccc(OCC(F)(F)F)nc1)c1ccccc1. The zero-order chi connectivity index (χ0) is 21.6. The first-order valence-electron chi connectivity index (χ1n) is 8.74. The summed E-state index contributed by atoms with van der Waals surface area (Å²) in [6.45, 7) is -1.47. The number of hydrogen-bond acceptors (Lipinski definition) is 4. The van der Waals surface area contributed by atoms with E-state index in [0.29, 0.717) is 16.9 Å². The van der Waals surface area contributed by atoms with Gasteiger partial charge in [-0.1, -0.05) is 30.3 Å². The van der Waals surface area contributed by atoms with Crippen LogP contribution in [0.15, 0.2) is 72.9 Å². The summed E-state index contributed by atoms with van der Waals surface area (Å²) in [5.41, 5.74) is 1.30. The molecule has 0 aliphatic heterocycles. The molecule has 0 aliphatic rings. The number of anilines is 2. The molecule has 0 aliphatic carbocycles. The third kappa shape index (κ3) is 5.81. The Kier molecular flexibility index (Phi) is 6.31. The predicted molar refractivity (Wildman–Crippen MR) is 105 cm³/mol. The third-order valence-corrected chi connectivity index (χ3v) is 3.84. The molecule has 0 bridgehead atoms. The topological polar surface area (TPSA) is 80.3 Å². The average Bonchev–Trinajstić information content (AvgIpc) is 2.74. The maximum absolute atomic E-state index is 12.5. The molecular formula is C21H16F3N3O3. The number of alkyl halides is 3. The van der Waals surface area contributed by atoms with E-state index in [1.54, 1.807) is 54.6 Å². The summed E-state index contributed by atoms with van der Waals surface area (Å²) in [7, 11) is 0.